The lowest BCUT2D eigenvalue weighted by Gasteiger charge is -2.25. The molecule has 162 valence electrons. The molecule has 31 heavy (non-hydrogen) atoms. The molecule has 0 atom stereocenters. The summed E-state index contributed by atoms with van der Waals surface area (Å²) in [6, 6.07) is 11.8. The summed E-state index contributed by atoms with van der Waals surface area (Å²) in [6.07, 6.45) is 5.38. The van der Waals surface area contributed by atoms with Crippen molar-refractivity contribution in [2.45, 2.75) is 43.3 Å². The summed E-state index contributed by atoms with van der Waals surface area (Å²) in [4.78, 5) is 12.5. The second-order valence-electron chi connectivity index (χ2n) is 7.39. The number of amides is 1. The minimum absolute atomic E-state index is 0.116. The highest BCUT2D eigenvalue weighted by atomic mass is 35.5. The Kier molecular flexibility index (Phi) is 7.15. The quantitative estimate of drug-likeness (QED) is 0.404. The number of anilines is 1. The third-order valence-corrected chi connectivity index (χ3v) is 7.04. The molecule has 1 fully saturated rings. The van der Waals surface area contributed by atoms with E-state index in [9.17, 15) is 9.18 Å². The fourth-order valence-corrected chi connectivity index (χ4v) is 4.94. The van der Waals surface area contributed by atoms with Crippen LogP contribution >= 0.6 is 35.0 Å². The molecular formula is C22H21Cl2FN4OS. The van der Waals surface area contributed by atoms with E-state index in [1.807, 2.05) is 4.57 Å². The van der Waals surface area contributed by atoms with Gasteiger partial charge < -0.3 is 5.32 Å². The Morgan fingerprint density at radius 3 is 2.65 bits per heavy atom. The van der Waals surface area contributed by atoms with Crippen molar-refractivity contribution in [2.24, 2.45) is 0 Å². The molecule has 1 amide bonds. The number of nitrogens with one attached hydrogen (secondary N) is 1. The highest BCUT2D eigenvalue weighted by Gasteiger charge is 2.25. The van der Waals surface area contributed by atoms with Crippen LogP contribution < -0.4 is 5.32 Å². The first kappa shape index (κ1) is 22.1. The van der Waals surface area contributed by atoms with Crippen LogP contribution in [0.2, 0.25) is 10.0 Å². The Morgan fingerprint density at radius 2 is 1.87 bits per heavy atom. The molecule has 0 bridgehead atoms. The van der Waals surface area contributed by atoms with Crippen LogP contribution in [0.3, 0.4) is 0 Å². The Labute approximate surface area is 194 Å². The van der Waals surface area contributed by atoms with Crippen molar-refractivity contribution in [1.29, 1.82) is 0 Å². The van der Waals surface area contributed by atoms with Gasteiger partial charge in [-0.15, -0.1) is 10.2 Å². The summed E-state index contributed by atoms with van der Waals surface area (Å²) in [5.74, 6) is 0.0489. The Morgan fingerprint density at radius 1 is 1.10 bits per heavy atom. The molecule has 0 radical (unpaired) electrons. The Balaban J connectivity index is 1.56. The lowest BCUT2D eigenvalue weighted by molar-refractivity contribution is -0.113. The van der Waals surface area contributed by atoms with Gasteiger partial charge in [-0.1, -0.05) is 72.4 Å². The summed E-state index contributed by atoms with van der Waals surface area (Å²) in [5, 5.41) is 12.7. The van der Waals surface area contributed by atoms with E-state index in [0.717, 1.165) is 25.7 Å². The maximum atomic E-state index is 14.5. The Bertz CT molecular complexity index is 1090. The molecule has 0 saturated heterocycles. The molecule has 1 saturated carbocycles. The number of thioether (sulfide) groups is 1. The normalized spacial score (nSPS) is 14.5. The van der Waals surface area contributed by atoms with Crippen molar-refractivity contribution in [2.75, 3.05) is 11.1 Å². The monoisotopic (exact) mass is 478 g/mol. The Hall–Kier alpha value is -2.09. The van der Waals surface area contributed by atoms with Crippen LogP contribution in [-0.2, 0) is 4.79 Å². The number of rotatable bonds is 6. The zero-order chi connectivity index (χ0) is 21.8. The molecule has 2 aromatic carbocycles. The summed E-state index contributed by atoms with van der Waals surface area (Å²) >= 11 is 13.4. The summed E-state index contributed by atoms with van der Waals surface area (Å²) in [7, 11) is 0. The molecule has 1 N–H and O–H groups in total. The number of halogens is 3. The molecule has 1 aliphatic rings. The van der Waals surface area contributed by atoms with E-state index in [1.54, 1.807) is 36.4 Å². The van der Waals surface area contributed by atoms with Gasteiger partial charge in [-0.3, -0.25) is 9.36 Å². The van der Waals surface area contributed by atoms with Gasteiger partial charge in [0.25, 0.3) is 0 Å². The molecule has 1 heterocycles. The second kappa shape index (κ2) is 10.0. The summed E-state index contributed by atoms with van der Waals surface area (Å²) in [6.45, 7) is 0. The first-order chi connectivity index (χ1) is 15.0. The topological polar surface area (TPSA) is 59.8 Å². The zero-order valence-electron chi connectivity index (χ0n) is 16.7. The minimum atomic E-state index is -0.336. The number of hydrogen-bond acceptors (Lipinski definition) is 4. The highest BCUT2D eigenvalue weighted by molar-refractivity contribution is 7.99. The van der Waals surface area contributed by atoms with E-state index in [4.69, 9.17) is 23.2 Å². The van der Waals surface area contributed by atoms with Gasteiger partial charge in [0.05, 0.1) is 27.0 Å². The van der Waals surface area contributed by atoms with Crippen molar-refractivity contribution < 1.29 is 9.18 Å². The molecule has 4 rings (SSSR count). The standard InChI is InChI=1S/C22H21Cl2FN4OS/c23-16-10-6-12-18(20(16)24)26-19(30)13-31-22-28-27-21(15-9-4-5-11-17(15)25)29(22)14-7-2-1-3-8-14/h4-6,9-12,14H,1-3,7-8,13H2,(H,26,30). The average molecular weight is 479 g/mol. The average Bonchev–Trinajstić information content (AvgIpc) is 3.20. The van der Waals surface area contributed by atoms with Crippen LogP contribution in [0, 0.1) is 5.82 Å². The third-order valence-electron chi connectivity index (χ3n) is 5.28. The molecule has 0 spiro atoms. The van der Waals surface area contributed by atoms with Crippen LogP contribution in [0.5, 0.6) is 0 Å². The molecule has 0 unspecified atom stereocenters. The van der Waals surface area contributed by atoms with Gasteiger partial charge in [-0.05, 0) is 37.1 Å². The summed E-state index contributed by atoms with van der Waals surface area (Å²) in [5.41, 5.74) is 0.878. The third kappa shape index (κ3) is 5.05. The van der Waals surface area contributed by atoms with Crippen molar-refractivity contribution in [3.05, 3.63) is 58.3 Å². The predicted molar refractivity (Wildman–Crippen MR) is 123 cm³/mol. The first-order valence-electron chi connectivity index (χ1n) is 10.1. The van der Waals surface area contributed by atoms with Crippen molar-refractivity contribution >= 4 is 46.6 Å². The van der Waals surface area contributed by atoms with Crippen LogP contribution in [0.1, 0.15) is 38.1 Å². The SMILES string of the molecule is O=C(CSc1nnc(-c2ccccc2F)n1C1CCCCC1)Nc1cccc(Cl)c1Cl. The van der Waals surface area contributed by atoms with Crippen molar-refractivity contribution in [3.8, 4) is 11.4 Å². The largest absolute Gasteiger partial charge is 0.324 e. The van der Waals surface area contributed by atoms with Gasteiger partial charge in [-0.25, -0.2) is 4.39 Å². The van der Waals surface area contributed by atoms with Crippen molar-refractivity contribution in [3.63, 3.8) is 0 Å². The van der Waals surface area contributed by atoms with Crippen LogP contribution in [0.15, 0.2) is 47.6 Å². The van der Waals surface area contributed by atoms with E-state index in [-0.39, 0.29) is 23.5 Å². The van der Waals surface area contributed by atoms with Gasteiger partial charge in [0.1, 0.15) is 5.82 Å². The maximum Gasteiger partial charge on any atom is 0.234 e. The van der Waals surface area contributed by atoms with Gasteiger partial charge in [0.2, 0.25) is 5.91 Å². The molecular weight excluding hydrogens is 458 g/mol. The minimum Gasteiger partial charge on any atom is -0.324 e. The number of nitrogens with zero attached hydrogens (tertiary/aromatic N) is 3. The molecule has 1 aliphatic carbocycles. The van der Waals surface area contributed by atoms with Crippen LogP contribution in [-0.4, -0.2) is 26.4 Å². The highest BCUT2D eigenvalue weighted by Crippen LogP contribution is 2.36. The number of carbonyl (C=O) groups is 1. The number of carbonyl (C=O) groups excluding carboxylic acids is 1. The maximum absolute atomic E-state index is 14.5. The van der Waals surface area contributed by atoms with E-state index in [1.165, 1.54) is 24.2 Å². The zero-order valence-corrected chi connectivity index (χ0v) is 19.0. The lowest BCUT2D eigenvalue weighted by Crippen LogP contribution is -2.17. The first-order valence-corrected chi connectivity index (χ1v) is 11.8. The molecule has 1 aromatic heterocycles. The van der Waals surface area contributed by atoms with Gasteiger partial charge in [-0.2, -0.15) is 0 Å². The van der Waals surface area contributed by atoms with E-state index < -0.39 is 0 Å². The molecule has 0 aliphatic heterocycles. The molecule has 9 heteroatoms. The van der Waals surface area contributed by atoms with E-state index in [0.29, 0.717) is 32.3 Å². The van der Waals surface area contributed by atoms with Crippen LogP contribution in [0.4, 0.5) is 10.1 Å². The fourth-order valence-electron chi connectivity index (χ4n) is 3.79. The number of benzene rings is 2. The predicted octanol–water partition coefficient (Wildman–Crippen LogP) is 6.63. The summed E-state index contributed by atoms with van der Waals surface area (Å²) < 4.78 is 16.5. The van der Waals surface area contributed by atoms with E-state index >= 15 is 0 Å². The van der Waals surface area contributed by atoms with Gasteiger partial charge in [0.15, 0.2) is 11.0 Å². The second-order valence-corrected chi connectivity index (χ2v) is 9.11. The van der Waals surface area contributed by atoms with Gasteiger partial charge >= 0.3 is 0 Å². The van der Waals surface area contributed by atoms with Crippen LogP contribution in [0.25, 0.3) is 11.4 Å². The van der Waals surface area contributed by atoms with E-state index in [2.05, 4.69) is 15.5 Å². The lowest BCUT2D eigenvalue weighted by atomic mass is 9.95. The smallest absolute Gasteiger partial charge is 0.234 e. The molecule has 3 aromatic rings. The van der Waals surface area contributed by atoms with Crippen molar-refractivity contribution in [1.82, 2.24) is 14.8 Å². The molecule has 5 nitrogen and oxygen atoms in total. The fraction of sp³-hybridized carbons (Fsp3) is 0.318. The number of aromatic nitrogens is 3. The number of hydrogen-bond donors (Lipinski definition) is 1. The van der Waals surface area contributed by atoms with Gasteiger partial charge in [0, 0.05) is 6.04 Å².